The van der Waals surface area contributed by atoms with Gasteiger partial charge in [0.1, 0.15) is 24.7 Å². The Morgan fingerprint density at radius 1 is 0.692 bits per heavy atom. The van der Waals surface area contributed by atoms with Gasteiger partial charge in [-0.3, -0.25) is 14.5 Å². The van der Waals surface area contributed by atoms with Gasteiger partial charge in [-0.25, -0.2) is 9.59 Å². The third-order valence-electron chi connectivity index (χ3n) is 8.75. The highest BCUT2D eigenvalue weighted by Gasteiger charge is 2.46. The number of hydrogen-bond donors (Lipinski definition) is 1. The molecule has 0 aromatic heterocycles. The van der Waals surface area contributed by atoms with Crippen molar-refractivity contribution in [2.75, 3.05) is 26.2 Å². The van der Waals surface area contributed by atoms with Gasteiger partial charge in [0.2, 0.25) is 11.8 Å². The SMILES string of the molecule is O=C(O)[C@@H]1CCCN1C(=O)[C@@H]1CCCN1C(=O)[C@H]1CCCN1C(=O)OCC1c2ccccc2-c2ccccc21. The highest BCUT2D eigenvalue weighted by molar-refractivity contribution is 5.94. The molecule has 3 saturated heterocycles. The summed E-state index contributed by atoms with van der Waals surface area (Å²) in [6.45, 7) is 1.42. The summed E-state index contributed by atoms with van der Waals surface area (Å²) in [5.74, 6) is -1.62. The number of aliphatic carboxylic acids is 1. The zero-order chi connectivity index (χ0) is 27.1. The van der Waals surface area contributed by atoms with Gasteiger partial charge in [-0.05, 0) is 60.8 Å². The van der Waals surface area contributed by atoms with Crippen molar-refractivity contribution in [2.45, 2.75) is 62.6 Å². The summed E-state index contributed by atoms with van der Waals surface area (Å²) in [5.41, 5.74) is 4.55. The number of carboxylic acid groups (broad SMARTS) is 1. The van der Waals surface area contributed by atoms with Gasteiger partial charge in [0.05, 0.1) is 0 Å². The molecule has 9 nitrogen and oxygen atoms in total. The fourth-order valence-electron chi connectivity index (χ4n) is 6.88. The minimum atomic E-state index is -1.01. The molecule has 0 radical (unpaired) electrons. The van der Waals surface area contributed by atoms with Crippen LogP contribution in [-0.4, -0.2) is 88.0 Å². The molecule has 3 heterocycles. The van der Waals surface area contributed by atoms with Crippen LogP contribution in [0.15, 0.2) is 48.5 Å². The molecule has 204 valence electrons. The maximum atomic E-state index is 13.7. The van der Waals surface area contributed by atoms with Crippen molar-refractivity contribution in [2.24, 2.45) is 0 Å². The van der Waals surface area contributed by atoms with Gasteiger partial charge in [0.25, 0.3) is 0 Å². The molecule has 3 amide bonds. The van der Waals surface area contributed by atoms with E-state index in [1.165, 1.54) is 9.80 Å². The van der Waals surface area contributed by atoms with Gasteiger partial charge < -0.3 is 19.6 Å². The van der Waals surface area contributed by atoms with Gasteiger partial charge >= 0.3 is 12.1 Å². The van der Waals surface area contributed by atoms with Crippen molar-refractivity contribution in [1.82, 2.24) is 14.7 Å². The van der Waals surface area contributed by atoms with Gasteiger partial charge in [-0.2, -0.15) is 0 Å². The predicted octanol–water partition coefficient (Wildman–Crippen LogP) is 3.47. The number of fused-ring (bicyclic) bond motifs is 3. The maximum Gasteiger partial charge on any atom is 0.410 e. The molecule has 2 aromatic rings. The highest BCUT2D eigenvalue weighted by atomic mass is 16.6. The number of amides is 3. The summed E-state index contributed by atoms with van der Waals surface area (Å²) in [4.78, 5) is 56.4. The second-order valence-electron chi connectivity index (χ2n) is 10.9. The van der Waals surface area contributed by atoms with E-state index in [-0.39, 0.29) is 24.3 Å². The Kier molecular flexibility index (Phi) is 6.74. The number of benzene rings is 2. The van der Waals surface area contributed by atoms with Gasteiger partial charge in [-0.1, -0.05) is 48.5 Å². The zero-order valence-electron chi connectivity index (χ0n) is 21.8. The van der Waals surface area contributed by atoms with Crippen LogP contribution in [0.2, 0.25) is 0 Å². The van der Waals surface area contributed by atoms with Crippen LogP contribution in [-0.2, 0) is 19.1 Å². The first kappa shape index (κ1) is 25.4. The van der Waals surface area contributed by atoms with Crippen LogP contribution in [0.4, 0.5) is 4.79 Å². The molecule has 39 heavy (non-hydrogen) atoms. The van der Waals surface area contributed by atoms with Crippen molar-refractivity contribution in [3.05, 3.63) is 59.7 Å². The van der Waals surface area contributed by atoms with E-state index < -0.39 is 30.2 Å². The molecule has 6 rings (SSSR count). The summed E-state index contributed by atoms with van der Waals surface area (Å²) >= 11 is 0. The number of carboxylic acids is 1. The van der Waals surface area contributed by atoms with Crippen LogP contribution in [0, 0.1) is 0 Å². The van der Waals surface area contributed by atoms with Crippen LogP contribution in [0.5, 0.6) is 0 Å². The van der Waals surface area contributed by atoms with Crippen molar-refractivity contribution in [1.29, 1.82) is 0 Å². The van der Waals surface area contributed by atoms with Crippen molar-refractivity contribution in [3.8, 4) is 11.1 Å². The highest BCUT2D eigenvalue weighted by Crippen LogP contribution is 2.44. The lowest BCUT2D eigenvalue weighted by Crippen LogP contribution is -2.55. The molecule has 1 aliphatic carbocycles. The first-order valence-corrected chi connectivity index (χ1v) is 13.9. The molecule has 1 N–H and O–H groups in total. The minimum Gasteiger partial charge on any atom is -0.480 e. The molecule has 9 heteroatoms. The molecule has 0 unspecified atom stereocenters. The van der Waals surface area contributed by atoms with Gasteiger partial charge in [0, 0.05) is 25.6 Å². The van der Waals surface area contributed by atoms with Gasteiger partial charge in [-0.15, -0.1) is 0 Å². The minimum absolute atomic E-state index is 0.0682. The fourth-order valence-corrected chi connectivity index (χ4v) is 6.88. The van der Waals surface area contributed by atoms with E-state index in [2.05, 4.69) is 24.3 Å². The Labute approximate surface area is 227 Å². The smallest absolute Gasteiger partial charge is 0.410 e. The van der Waals surface area contributed by atoms with Crippen molar-refractivity contribution >= 4 is 23.9 Å². The Bertz CT molecular complexity index is 1270. The Hall–Kier alpha value is -3.88. The molecule has 4 aliphatic rings. The maximum absolute atomic E-state index is 13.7. The molecule has 3 fully saturated rings. The van der Waals surface area contributed by atoms with Crippen LogP contribution in [0.3, 0.4) is 0 Å². The topological polar surface area (TPSA) is 107 Å². The lowest BCUT2D eigenvalue weighted by atomic mass is 9.98. The van der Waals surface area contributed by atoms with E-state index in [1.54, 1.807) is 4.90 Å². The molecular weight excluding hydrogens is 498 g/mol. The molecule has 0 spiro atoms. The molecular formula is C30H33N3O6. The average molecular weight is 532 g/mol. The third-order valence-corrected chi connectivity index (χ3v) is 8.75. The summed E-state index contributed by atoms with van der Waals surface area (Å²) in [6, 6.07) is 14.1. The Balaban J connectivity index is 1.13. The average Bonchev–Trinajstić information content (AvgIpc) is 3.76. The quantitative estimate of drug-likeness (QED) is 0.633. The van der Waals surface area contributed by atoms with E-state index in [0.29, 0.717) is 58.2 Å². The Morgan fingerprint density at radius 2 is 1.15 bits per heavy atom. The van der Waals surface area contributed by atoms with Crippen LogP contribution < -0.4 is 0 Å². The number of carbonyl (C=O) groups excluding carboxylic acids is 3. The number of likely N-dealkylation sites (tertiary alicyclic amines) is 3. The van der Waals surface area contributed by atoms with Gasteiger partial charge in [0.15, 0.2) is 0 Å². The third kappa shape index (κ3) is 4.43. The largest absolute Gasteiger partial charge is 0.480 e. The van der Waals surface area contributed by atoms with Crippen LogP contribution in [0.1, 0.15) is 55.6 Å². The first-order chi connectivity index (χ1) is 19.0. The number of hydrogen-bond acceptors (Lipinski definition) is 5. The Morgan fingerprint density at radius 3 is 1.72 bits per heavy atom. The summed E-state index contributed by atoms with van der Waals surface area (Å²) in [7, 11) is 0. The van der Waals surface area contributed by atoms with E-state index >= 15 is 0 Å². The number of carbonyl (C=O) groups is 4. The number of nitrogens with zero attached hydrogens (tertiary/aromatic N) is 3. The number of ether oxygens (including phenoxy) is 1. The standard InChI is InChI=1S/C30H33N3O6/c34-27(32-16-7-14-26(32)29(36)37)24-12-5-15-31(24)28(35)25-13-6-17-33(25)30(38)39-18-23-21-10-3-1-8-19(21)20-9-2-4-11-22(20)23/h1-4,8-11,23-26H,5-7,12-18H2,(H,36,37)/t24-,25+,26-/m0/s1. The van der Waals surface area contributed by atoms with E-state index in [4.69, 9.17) is 4.74 Å². The normalized spacial score (nSPS) is 24.1. The first-order valence-electron chi connectivity index (χ1n) is 13.9. The molecule has 2 aromatic carbocycles. The molecule has 3 aliphatic heterocycles. The lowest BCUT2D eigenvalue weighted by molar-refractivity contribution is -0.152. The monoisotopic (exact) mass is 531 g/mol. The predicted molar refractivity (Wildman–Crippen MR) is 142 cm³/mol. The summed E-state index contributed by atoms with van der Waals surface area (Å²) in [5, 5.41) is 9.52. The summed E-state index contributed by atoms with van der Waals surface area (Å²) in [6.07, 6.45) is 2.93. The fraction of sp³-hybridized carbons (Fsp3) is 0.467. The molecule has 0 saturated carbocycles. The molecule has 0 bridgehead atoms. The number of rotatable bonds is 5. The summed E-state index contributed by atoms with van der Waals surface area (Å²) < 4.78 is 5.84. The van der Waals surface area contributed by atoms with E-state index in [9.17, 15) is 24.3 Å². The zero-order valence-corrected chi connectivity index (χ0v) is 21.8. The second kappa shape index (κ2) is 10.4. The van der Waals surface area contributed by atoms with Crippen LogP contribution >= 0.6 is 0 Å². The lowest BCUT2D eigenvalue weighted by Gasteiger charge is -2.33. The second-order valence-corrected chi connectivity index (χ2v) is 10.9. The van der Waals surface area contributed by atoms with E-state index in [0.717, 1.165) is 22.3 Å². The van der Waals surface area contributed by atoms with Crippen LogP contribution in [0.25, 0.3) is 11.1 Å². The van der Waals surface area contributed by atoms with Crippen molar-refractivity contribution < 1.29 is 29.0 Å². The molecule has 3 atom stereocenters. The van der Waals surface area contributed by atoms with Crippen molar-refractivity contribution in [3.63, 3.8) is 0 Å². The van der Waals surface area contributed by atoms with E-state index in [1.807, 2.05) is 24.3 Å².